The molecule has 0 aliphatic carbocycles. The number of hydrogen-bond donors (Lipinski definition) is 0. The van der Waals surface area contributed by atoms with Crippen LogP contribution in [0.25, 0.3) is 0 Å². The van der Waals surface area contributed by atoms with Gasteiger partial charge in [-0.1, -0.05) is 6.92 Å². The first-order valence-corrected chi connectivity index (χ1v) is 7.63. The standard InChI is InChI=1S/C16H27N3O/c1-5-6-18-7-9-19(10-8-18)12-16(20)15-11-13(2)17(4)14(15)3/h11H,5-10,12H2,1-4H3. The van der Waals surface area contributed by atoms with Gasteiger partial charge >= 0.3 is 0 Å². The molecule has 0 saturated carbocycles. The predicted molar refractivity (Wildman–Crippen MR) is 82.4 cm³/mol. The summed E-state index contributed by atoms with van der Waals surface area (Å²) in [4.78, 5) is 17.2. The first-order valence-electron chi connectivity index (χ1n) is 7.63. The van der Waals surface area contributed by atoms with Gasteiger partial charge in [-0.3, -0.25) is 9.69 Å². The summed E-state index contributed by atoms with van der Waals surface area (Å²) in [5, 5.41) is 0. The van der Waals surface area contributed by atoms with Gasteiger partial charge in [-0.25, -0.2) is 0 Å². The van der Waals surface area contributed by atoms with E-state index in [1.807, 2.05) is 27.0 Å². The van der Waals surface area contributed by atoms with E-state index in [0.717, 1.165) is 43.1 Å². The van der Waals surface area contributed by atoms with E-state index < -0.39 is 0 Å². The minimum absolute atomic E-state index is 0.259. The fourth-order valence-electron chi connectivity index (χ4n) is 2.91. The van der Waals surface area contributed by atoms with Gasteiger partial charge in [0.05, 0.1) is 6.54 Å². The van der Waals surface area contributed by atoms with E-state index in [9.17, 15) is 4.79 Å². The summed E-state index contributed by atoms with van der Waals surface area (Å²) in [6, 6.07) is 2.02. The number of ketones is 1. The minimum atomic E-state index is 0.259. The summed E-state index contributed by atoms with van der Waals surface area (Å²) in [6.45, 7) is 12.2. The van der Waals surface area contributed by atoms with Gasteiger partial charge in [0, 0.05) is 50.2 Å². The van der Waals surface area contributed by atoms with E-state index in [4.69, 9.17) is 0 Å². The zero-order chi connectivity index (χ0) is 14.7. The van der Waals surface area contributed by atoms with Gasteiger partial charge in [0.2, 0.25) is 0 Å². The Morgan fingerprint density at radius 2 is 1.75 bits per heavy atom. The largest absolute Gasteiger partial charge is 0.351 e. The Hall–Kier alpha value is -1.13. The van der Waals surface area contributed by atoms with Crippen LogP contribution in [0.4, 0.5) is 0 Å². The molecular formula is C16H27N3O. The zero-order valence-corrected chi connectivity index (χ0v) is 13.3. The first-order chi connectivity index (χ1) is 9.52. The Kier molecular flexibility index (Phi) is 5.00. The molecule has 1 fully saturated rings. The molecule has 0 radical (unpaired) electrons. The molecule has 0 aromatic carbocycles. The average Bonchev–Trinajstić information content (AvgIpc) is 2.69. The normalized spacial score (nSPS) is 17.6. The molecule has 2 heterocycles. The van der Waals surface area contributed by atoms with E-state index in [-0.39, 0.29) is 5.78 Å². The second-order valence-electron chi connectivity index (χ2n) is 5.88. The molecule has 0 spiro atoms. The summed E-state index contributed by atoms with van der Waals surface area (Å²) in [6.07, 6.45) is 1.21. The Morgan fingerprint density at radius 1 is 1.15 bits per heavy atom. The number of nitrogens with zero attached hydrogens (tertiary/aromatic N) is 3. The molecular weight excluding hydrogens is 250 g/mol. The van der Waals surface area contributed by atoms with Crippen LogP contribution in [0.3, 0.4) is 0 Å². The number of hydrogen-bond acceptors (Lipinski definition) is 3. The molecule has 20 heavy (non-hydrogen) atoms. The van der Waals surface area contributed by atoms with Crippen molar-refractivity contribution in [2.45, 2.75) is 27.2 Å². The molecule has 0 amide bonds. The lowest BCUT2D eigenvalue weighted by Gasteiger charge is -2.34. The molecule has 0 N–H and O–H groups in total. The van der Waals surface area contributed by atoms with Gasteiger partial charge in [0.1, 0.15) is 0 Å². The third-order valence-corrected chi connectivity index (χ3v) is 4.45. The summed E-state index contributed by atoms with van der Waals surface area (Å²) < 4.78 is 2.09. The molecule has 0 bridgehead atoms. The molecule has 1 aromatic heterocycles. The number of carbonyl (C=O) groups excluding carboxylic acids is 1. The van der Waals surface area contributed by atoms with Gasteiger partial charge < -0.3 is 9.47 Å². The maximum absolute atomic E-state index is 12.4. The van der Waals surface area contributed by atoms with Gasteiger partial charge in [0.15, 0.2) is 5.78 Å². The van der Waals surface area contributed by atoms with Crippen molar-refractivity contribution < 1.29 is 4.79 Å². The summed E-state index contributed by atoms with van der Waals surface area (Å²) in [5.74, 6) is 0.259. The van der Waals surface area contributed by atoms with Crippen molar-refractivity contribution in [2.75, 3.05) is 39.3 Å². The lowest BCUT2D eigenvalue weighted by atomic mass is 10.1. The van der Waals surface area contributed by atoms with E-state index >= 15 is 0 Å². The van der Waals surface area contributed by atoms with Crippen molar-refractivity contribution in [3.8, 4) is 0 Å². The van der Waals surface area contributed by atoms with E-state index in [2.05, 4.69) is 21.3 Å². The highest BCUT2D eigenvalue weighted by Gasteiger charge is 2.21. The number of Topliss-reactive ketones (excluding diaryl/α,β-unsaturated/α-hetero) is 1. The number of rotatable bonds is 5. The fourth-order valence-corrected chi connectivity index (χ4v) is 2.91. The van der Waals surface area contributed by atoms with Crippen molar-refractivity contribution >= 4 is 5.78 Å². The van der Waals surface area contributed by atoms with Crippen LogP contribution < -0.4 is 0 Å². The summed E-state index contributed by atoms with van der Waals surface area (Å²) >= 11 is 0. The molecule has 112 valence electrons. The molecule has 0 atom stereocenters. The van der Waals surface area contributed by atoms with Gasteiger partial charge in [-0.2, -0.15) is 0 Å². The maximum atomic E-state index is 12.4. The summed E-state index contributed by atoms with van der Waals surface area (Å²) in [5.41, 5.74) is 3.12. The second kappa shape index (κ2) is 6.55. The molecule has 4 heteroatoms. The first kappa shape index (κ1) is 15.3. The molecule has 2 rings (SSSR count). The van der Waals surface area contributed by atoms with Gasteiger partial charge in [-0.05, 0) is 32.9 Å². The van der Waals surface area contributed by atoms with Crippen LogP contribution in [-0.4, -0.2) is 59.4 Å². The lowest BCUT2D eigenvalue weighted by molar-refractivity contribution is 0.0852. The van der Waals surface area contributed by atoms with E-state index in [1.165, 1.54) is 13.0 Å². The fraction of sp³-hybridized carbons (Fsp3) is 0.688. The number of aromatic nitrogens is 1. The highest BCUT2D eigenvalue weighted by atomic mass is 16.1. The van der Waals surface area contributed by atoms with Crippen LogP contribution in [0.15, 0.2) is 6.07 Å². The lowest BCUT2D eigenvalue weighted by Crippen LogP contribution is -2.48. The Bertz CT molecular complexity index is 470. The number of piperazine rings is 1. The van der Waals surface area contributed by atoms with E-state index in [1.54, 1.807) is 0 Å². The molecule has 1 aliphatic rings. The van der Waals surface area contributed by atoms with Crippen molar-refractivity contribution in [3.05, 3.63) is 23.0 Å². The molecule has 1 aromatic rings. The van der Waals surface area contributed by atoms with E-state index in [0.29, 0.717) is 6.54 Å². The third kappa shape index (κ3) is 3.30. The molecule has 1 saturated heterocycles. The minimum Gasteiger partial charge on any atom is -0.351 e. The van der Waals surface area contributed by atoms with Gasteiger partial charge in [0.25, 0.3) is 0 Å². The second-order valence-corrected chi connectivity index (χ2v) is 5.88. The Morgan fingerprint density at radius 3 is 2.25 bits per heavy atom. The highest BCUT2D eigenvalue weighted by Crippen LogP contribution is 2.15. The predicted octanol–water partition coefficient (Wildman–Crippen LogP) is 1.85. The SMILES string of the molecule is CCCN1CCN(CC(=O)c2cc(C)n(C)c2C)CC1. The average molecular weight is 277 g/mol. The summed E-state index contributed by atoms with van der Waals surface area (Å²) in [7, 11) is 2.02. The van der Waals surface area contributed by atoms with Crippen LogP contribution in [0.2, 0.25) is 0 Å². The Balaban J connectivity index is 1.91. The van der Waals surface area contributed by atoms with Crippen LogP contribution >= 0.6 is 0 Å². The van der Waals surface area contributed by atoms with Crippen LogP contribution in [0, 0.1) is 13.8 Å². The van der Waals surface area contributed by atoms with Crippen molar-refractivity contribution in [2.24, 2.45) is 7.05 Å². The van der Waals surface area contributed by atoms with Gasteiger partial charge in [-0.15, -0.1) is 0 Å². The number of aryl methyl sites for hydroxylation is 1. The topological polar surface area (TPSA) is 28.5 Å². The molecule has 0 unspecified atom stereocenters. The Labute approximate surface area is 122 Å². The van der Waals surface area contributed by atoms with Crippen LogP contribution in [-0.2, 0) is 7.05 Å². The molecule has 1 aliphatic heterocycles. The maximum Gasteiger partial charge on any atom is 0.178 e. The van der Waals surface area contributed by atoms with Crippen LogP contribution in [0.5, 0.6) is 0 Å². The van der Waals surface area contributed by atoms with Crippen molar-refractivity contribution in [1.29, 1.82) is 0 Å². The third-order valence-electron chi connectivity index (χ3n) is 4.45. The van der Waals surface area contributed by atoms with Crippen molar-refractivity contribution in [1.82, 2.24) is 14.4 Å². The highest BCUT2D eigenvalue weighted by molar-refractivity contribution is 5.99. The quantitative estimate of drug-likeness (QED) is 0.769. The molecule has 4 nitrogen and oxygen atoms in total. The van der Waals surface area contributed by atoms with Crippen molar-refractivity contribution in [3.63, 3.8) is 0 Å². The van der Waals surface area contributed by atoms with Crippen LogP contribution in [0.1, 0.15) is 35.1 Å². The number of carbonyl (C=O) groups is 1. The zero-order valence-electron chi connectivity index (χ0n) is 13.3. The monoisotopic (exact) mass is 277 g/mol. The smallest absolute Gasteiger partial charge is 0.178 e.